The second-order valence-electron chi connectivity index (χ2n) is 4.27. The van der Waals surface area contributed by atoms with Crippen LogP contribution in [0.15, 0.2) is 12.2 Å². The first kappa shape index (κ1) is 9.72. The molecule has 12 heavy (non-hydrogen) atoms. The maximum Gasteiger partial charge on any atom is 0.184 e. The lowest BCUT2D eigenvalue weighted by atomic mass is 9.93. The van der Waals surface area contributed by atoms with Gasteiger partial charge in [-0.3, -0.25) is 4.79 Å². The zero-order valence-corrected chi connectivity index (χ0v) is 8.78. The SMILES string of the molecule is CC(C)(C)CC(=O)S1=CC=CC1. The first-order valence-corrected chi connectivity index (χ1v) is 5.67. The highest BCUT2D eigenvalue weighted by molar-refractivity contribution is 8.28. The summed E-state index contributed by atoms with van der Waals surface area (Å²) < 4.78 is 0. The zero-order chi connectivity index (χ0) is 9.19. The predicted molar refractivity (Wildman–Crippen MR) is 56.7 cm³/mol. The lowest BCUT2D eigenvalue weighted by Gasteiger charge is -2.17. The molecule has 1 rings (SSSR count). The smallest absolute Gasteiger partial charge is 0.184 e. The molecular weight excluding hydrogens is 168 g/mol. The average molecular weight is 184 g/mol. The minimum atomic E-state index is -0.0935. The minimum Gasteiger partial charge on any atom is -0.288 e. The summed E-state index contributed by atoms with van der Waals surface area (Å²) in [6, 6.07) is 0. The largest absolute Gasteiger partial charge is 0.288 e. The van der Waals surface area contributed by atoms with E-state index in [2.05, 4.69) is 26.8 Å². The summed E-state index contributed by atoms with van der Waals surface area (Å²) in [5.41, 5.74) is 0.139. The summed E-state index contributed by atoms with van der Waals surface area (Å²) in [4.78, 5) is 11.6. The van der Waals surface area contributed by atoms with Crippen LogP contribution in [0.4, 0.5) is 0 Å². The quantitative estimate of drug-likeness (QED) is 0.572. The summed E-state index contributed by atoms with van der Waals surface area (Å²) in [5, 5.41) is 2.45. The van der Waals surface area contributed by atoms with Crippen molar-refractivity contribution in [2.45, 2.75) is 27.2 Å². The second kappa shape index (κ2) is 3.56. The third kappa shape index (κ3) is 2.94. The van der Waals surface area contributed by atoms with E-state index in [1.165, 1.54) is 0 Å². The van der Waals surface area contributed by atoms with Gasteiger partial charge in [0.2, 0.25) is 0 Å². The van der Waals surface area contributed by atoms with Crippen molar-refractivity contribution in [1.82, 2.24) is 0 Å². The molecule has 1 heterocycles. The highest BCUT2D eigenvalue weighted by Gasteiger charge is 2.18. The van der Waals surface area contributed by atoms with Gasteiger partial charge in [0.25, 0.3) is 0 Å². The maximum atomic E-state index is 11.6. The van der Waals surface area contributed by atoms with Crippen molar-refractivity contribution in [3.05, 3.63) is 12.2 Å². The fraction of sp³-hybridized carbons (Fsp3) is 0.600. The maximum absolute atomic E-state index is 11.6. The van der Waals surface area contributed by atoms with Crippen molar-refractivity contribution in [1.29, 1.82) is 0 Å². The molecule has 0 saturated carbocycles. The van der Waals surface area contributed by atoms with Crippen LogP contribution in [-0.4, -0.2) is 16.2 Å². The van der Waals surface area contributed by atoms with Crippen LogP contribution < -0.4 is 0 Å². The van der Waals surface area contributed by atoms with Crippen LogP contribution in [0.25, 0.3) is 0 Å². The van der Waals surface area contributed by atoms with E-state index in [4.69, 9.17) is 0 Å². The van der Waals surface area contributed by atoms with Crippen molar-refractivity contribution in [3.63, 3.8) is 0 Å². The van der Waals surface area contributed by atoms with Crippen LogP contribution in [0.2, 0.25) is 0 Å². The number of allylic oxidation sites excluding steroid dienone is 1. The summed E-state index contributed by atoms with van der Waals surface area (Å²) in [6.07, 6.45) is 4.78. The highest BCUT2D eigenvalue weighted by atomic mass is 32.2. The molecule has 0 fully saturated rings. The Bertz CT molecular complexity index is 243. The van der Waals surface area contributed by atoms with Gasteiger partial charge in [0.1, 0.15) is 0 Å². The number of hydrogen-bond donors (Lipinski definition) is 0. The molecule has 1 nitrogen and oxygen atoms in total. The molecule has 0 aliphatic carbocycles. The molecule has 0 aromatic rings. The Morgan fingerprint density at radius 2 is 2.17 bits per heavy atom. The molecule has 0 N–H and O–H groups in total. The molecular formula is C10H16OS. The molecule has 0 bridgehead atoms. The van der Waals surface area contributed by atoms with Crippen LogP contribution in [0.5, 0.6) is 0 Å². The lowest BCUT2D eigenvalue weighted by molar-refractivity contribution is -0.112. The Morgan fingerprint density at radius 1 is 1.50 bits per heavy atom. The second-order valence-corrected chi connectivity index (χ2v) is 6.19. The predicted octanol–water partition coefficient (Wildman–Crippen LogP) is 2.59. The minimum absolute atomic E-state index is 0.0935. The Hall–Kier alpha value is -0.370. The molecule has 0 aromatic heterocycles. The first-order valence-electron chi connectivity index (χ1n) is 4.21. The molecule has 0 aromatic carbocycles. The van der Waals surface area contributed by atoms with Crippen LogP contribution in [0, 0.1) is 5.41 Å². The van der Waals surface area contributed by atoms with Crippen molar-refractivity contribution < 1.29 is 4.79 Å². The van der Waals surface area contributed by atoms with E-state index < -0.39 is 0 Å². The van der Waals surface area contributed by atoms with Crippen LogP contribution in [0.3, 0.4) is 0 Å². The molecule has 1 aliphatic rings. The molecule has 0 amide bonds. The first-order chi connectivity index (χ1) is 5.49. The summed E-state index contributed by atoms with van der Waals surface area (Å²) >= 11 is 0. The Morgan fingerprint density at radius 3 is 2.58 bits per heavy atom. The van der Waals surface area contributed by atoms with Gasteiger partial charge < -0.3 is 0 Å². The van der Waals surface area contributed by atoms with Gasteiger partial charge in [-0.2, -0.15) is 0 Å². The molecule has 1 unspecified atom stereocenters. The molecule has 0 radical (unpaired) electrons. The number of hydrogen-bond acceptors (Lipinski definition) is 1. The van der Waals surface area contributed by atoms with Crippen LogP contribution in [0.1, 0.15) is 27.2 Å². The molecule has 0 spiro atoms. The van der Waals surface area contributed by atoms with Gasteiger partial charge >= 0.3 is 0 Å². The van der Waals surface area contributed by atoms with Crippen molar-refractivity contribution in [2.24, 2.45) is 5.41 Å². The number of rotatable bonds is 1. The third-order valence-corrected chi connectivity index (χ3v) is 3.39. The van der Waals surface area contributed by atoms with Crippen molar-refractivity contribution in [3.8, 4) is 0 Å². The van der Waals surface area contributed by atoms with E-state index in [-0.39, 0.29) is 15.9 Å². The standard InChI is InChI=1S/C10H16OS/c1-10(2,3)8-9(11)12-6-4-5-7-12/h4-6H,7-8H2,1-3H3. The molecule has 2 heteroatoms. The van der Waals surface area contributed by atoms with Gasteiger partial charge in [0.15, 0.2) is 5.12 Å². The fourth-order valence-corrected chi connectivity index (χ4v) is 2.75. The lowest BCUT2D eigenvalue weighted by Crippen LogP contribution is -2.11. The van der Waals surface area contributed by atoms with E-state index in [1.807, 2.05) is 11.4 Å². The van der Waals surface area contributed by atoms with Gasteiger partial charge in [-0.1, -0.05) is 32.9 Å². The molecule has 68 valence electrons. The Balaban J connectivity index is 2.50. The van der Waals surface area contributed by atoms with Gasteiger partial charge in [-0.15, -0.1) is 10.5 Å². The van der Waals surface area contributed by atoms with Gasteiger partial charge in [0, 0.05) is 12.2 Å². The highest BCUT2D eigenvalue weighted by Crippen LogP contribution is 2.27. The third-order valence-electron chi connectivity index (χ3n) is 1.62. The molecule has 1 atom stereocenters. The van der Waals surface area contributed by atoms with Crippen LogP contribution in [-0.2, 0) is 4.79 Å². The van der Waals surface area contributed by atoms with E-state index in [0.29, 0.717) is 11.5 Å². The zero-order valence-electron chi connectivity index (χ0n) is 7.96. The molecule has 0 saturated heterocycles. The summed E-state index contributed by atoms with van der Waals surface area (Å²) in [7, 11) is -0.0935. The van der Waals surface area contributed by atoms with Crippen molar-refractivity contribution in [2.75, 3.05) is 5.75 Å². The van der Waals surface area contributed by atoms with E-state index in [1.54, 1.807) is 0 Å². The van der Waals surface area contributed by atoms with Gasteiger partial charge in [0.05, 0.1) is 0 Å². The topological polar surface area (TPSA) is 17.1 Å². The Kier molecular flexibility index (Phi) is 2.89. The van der Waals surface area contributed by atoms with E-state index >= 15 is 0 Å². The van der Waals surface area contributed by atoms with E-state index in [9.17, 15) is 4.79 Å². The summed E-state index contributed by atoms with van der Waals surface area (Å²) in [6.45, 7) is 6.33. The number of carbonyl (C=O) groups excluding carboxylic acids is 1. The van der Waals surface area contributed by atoms with E-state index in [0.717, 1.165) is 5.75 Å². The summed E-state index contributed by atoms with van der Waals surface area (Å²) in [5.74, 6) is 0.939. The normalized spacial score (nSPS) is 22.4. The van der Waals surface area contributed by atoms with Crippen LogP contribution >= 0.6 is 10.5 Å². The van der Waals surface area contributed by atoms with Crippen molar-refractivity contribution >= 4 is 21.0 Å². The molecule has 1 aliphatic heterocycles. The number of carbonyl (C=O) groups is 1. The van der Waals surface area contributed by atoms with Gasteiger partial charge in [-0.05, 0) is 10.8 Å². The Labute approximate surface area is 76.8 Å². The fourth-order valence-electron chi connectivity index (χ4n) is 1.06. The monoisotopic (exact) mass is 184 g/mol. The van der Waals surface area contributed by atoms with Gasteiger partial charge in [-0.25, -0.2) is 0 Å². The average Bonchev–Trinajstić information content (AvgIpc) is 2.32.